The quantitative estimate of drug-likeness (QED) is 0.374. The summed E-state index contributed by atoms with van der Waals surface area (Å²) in [4.78, 5) is 21.0. The Labute approximate surface area is 94.8 Å². The number of nitro groups is 1. The summed E-state index contributed by atoms with van der Waals surface area (Å²) in [6.45, 7) is 0. The molecule has 1 N–H and O–H groups in total. The molecule has 0 bridgehead atoms. The molecule has 0 fully saturated rings. The maximum absolute atomic E-state index is 11.3. The van der Waals surface area contributed by atoms with Crippen LogP contribution in [0.25, 0.3) is 0 Å². The van der Waals surface area contributed by atoms with E-state index in [4.69, 9.17) is 16.9 Å². The molecule has 82 valence electrons. The summed E-state index contributed by atoms with van der Waals surface area (Å²) in [5.41, 5.74) is -1.36. The van der Waals surface area contributed by atoms with E-state index in [0.29, 0.717) is 0 Å². The minimum absolute atomic E-state index is 0.266. The third-order valence-electron chi connectivity index (χ3n) is 1.88. The van der Waals surface area contributed by atoms with E-state index in [0.717, 1.165) is 12.1 Å². The lowest BCUT2D eigenvalue weighted by Gasteiger charge is -2.02. The van der Waals surface area contributed by atoms with E-state index in [-0.39, 0.29) is 11.1 Å². The van der Waals surface area contributed by atoms with Crippen molar-refractivity contribution in [3.05, 3.63) is 33.4 Å². The van der Waals surface area contributed by atoms with Crippen molar-refractivity contribution in [2.45, 2.75) is 0 Å². The molecule has 0 saturated carbocycles. The number of carbonyl (C=O) groups is 1. The molecule has 0 aromatic heterocycles. The predicted molar refractivity (Wildman–Crippen MR) is 54.5 cm³/mol. The number of benzene rings is 1. The summed E-state index contributed by atoms with van der Waals surface area (Å²) in [5.74, 6) is -1.94. The molecule has 0 spiro atoms. The van der Waals surface area contributed by atoms with Crippen LogP contribution < -0.4 is 0 Å². The number of phenolic OH excluding ortho intramolecular Hbond substituents is 1. The van der Waals surface area contributed by atoms with Crippen LogP contribution >= 0.6 is 11.6 Å². The smallest absolute Gasteiger partial charge is 0.322 e. The van der Waals surface area contributed by atoms with Crippen molar-refractivity contribution >= 4 is 23.1 Å². The van der Waals surface area contributed by atoms with Crippen LogP contribution in [-0.2, 0) is 0 Å². The molecular weight excluding hydrogens is 236 g/mol. The van der Waals surface area contributed by atoms with Crippen LogP contribution in [0.2, 0.25) is 0 Å². The molecule has 0 aliphatic heterocycles. The molecule has 0 aliphatic carbocycles. The number of rotatable bonds is 3. The summed E-state index contributed by atoms with van der Waals surface area (Å²) in [6, 6.07) is 3.80. The highest BCUT2D eigenvalue weighted by Crippen LogP contribution is 2.33. The topological polar surface area (TPSA) is 104 Å². The van der Waals surface area contributed by atoms with Crippen LogP contribution in [0.4, 0.5) is 5.69 Å². The van der Waals surface area contributed by atoms with Crippen molar-refractivity contribution in [3.63, 3.8) is 0 Å². The van der Waals surface area contributed by atoms with Crippen molar-refractivity contribution in [2.24, 2.45) is 0 Å². The Kier molecular flexibility index (Phi) is 3.43. The maximum Gasteiger partial charge on any atom is 0.322 e. The van der Waals surface area contributed by atoms with E-state index in [1.807, 2.05) is 0 Å². The number of ketones is 1. The molecule has 0 heterocycles. The molecule has 6 nitrogen and oxygen atoms in total. The van der Waals surface area contributed by atoms with Gasteiger partial charge in [0.25, 0.3) is 0 Å². The van der Waals surface area contributed by atoms with E-state index < -0.39 is 28.0 Å². The highest BCUT2D eigenvalue weighted by atomic mass is 35.5. The van der Waals surface area contributed by atoms with Crippen LogP contribution in [0, 0.1) is 21.4 Å². The van der Waals surface area contributed by atoms with Crippen LogP contribution in [0.1, 0.15) is 15.9 Å². The molecule has 16 heavy (non-hydrogen) atoms. The Morgan fingerprint density at radius 1 is 1.62 bits per heavy atom. The summed E-state index contributed by atoms with van der Waals surface area (Å²) in [6.07, 6.45) is 0. The van der Waals surface area contributed by atoms with Gasteiger partial charge in [0.1, 0.15) is 17.2 Å². The summed E-state index contributed by atoms with van der Waals surface area (Å²) in [7, 11) is 0. The molecule has 1 rings (SSSR count). The van der Waals surface area contributed by atoms with Crippen molar-refractivity contribution in [1.82, 2.24) is 0 Å². The molecule has 0 amide bonds. The first kappa shape index (κ1) is 11.9. The number of hydrogen-bond acceptors (Lipinski definition) is 5. The van der Waals surface area contributed by atoms with Gasteiger partial charge in [-0.05, 0) is 12.1 Å². The van der Waals surface area contributed by atoms with E-state index in [1.165, 1.54) is 0 Å². The SMILES string of the molecule is N#Cc1ccc(C(=O)CCl)c([N+](=O)[O-])c1O. The monoisotopic (exact) mass is 240 g/mol. The third-order valence-corrected chi connectivity index (χ3v) is 2.12. The normalized spacial score (nSPS) is 9.50. The maximum atomic E-state index is 11.3. The van der Waals surface area contributed by atoms with Gasteiger partial charge in [0.05, 0.1) is 10.8 Å². The van der Waals surface area contributed by atoms with Gasteiger partial charge in [-0.25, -0.2) is 0 Å². The summed E-state index contributed by atoms with van der Waals surface area (Å²) in [5, 5.41) is 28.7. The summed E-state index contributed by atoms with van der Waals surface area (Å²) < 4.78 is 0. The number of phenols is 1. The summed E-state index contributed by atoms with van der Waals surface area (Å²) >= 11 is 5.27. The molecule has 0 radical (unpaired) electrons. The Morgan fingerprint density at radius 2 is 2.25 bits per heavy atom. The Morgan fingerprint density at radius 3 is 2.69 bits per heavy atom. The fourth-order valence-corrected chi connectivity index (χ4v) is 1.30. The van der Waals surface area contributed by atoms with E-state index in [1.54, 1.807) is 6.07 Å². The van der Waals surface area contributed by atoms with Gasteiger partial charge in [0, 0.05) is 0 Å². The number of nitrogens with zero attached hydrogens (tertiary/aromatic N) is 2. The number of aromatic hydroxyl groups is 1. The highest BCUT2D eigenvalue weighted by Gasteiger charge is 2.26. The molecule has 0 saturated heterocycles. The second kappa shape index (κ2) is 4.59. The first-order chi connectivity index (χ1) is 7.52. The van der Waals surface area contributed by atoms with E-state index >= 15 is 0 Å². The average molecular weight is 241 g/mol. The molecule has 0 unspecified atom stereocenters. The van der Waals surface area contributed by atoms with Gasteiger partial charge in [-0.2, -0.15) is 5.26 Å². The standard InChI is InChI=1S/C9H5ClN2O4/c10-3-7(13)6-2-1-5(4-11)9(14)8(6)12(15)16/h1-2,14H,3H2. The van der Waals surface area contributed by atoms with Gasteiger partial charge < -0.3 is 5.11 Å². The third kappa shape index (κ3) is 1.94. The van der Waals surface area contributed by atoms with Crippen LogP contribution in [0.5, 0.6) is 5.75 Å². The second-order valence-corrected chi connectivity index (χ2v) is 3.05. The van der Waals surface area contributed by atoms with Crippen molar-refractivity contribution < 1.29 is 14.8 Å². The van der Waals surface area contributed by atoms with Gasteiger partial charge in [0.15, 0.2) is 5.78 Å². The van der Waals surface area contributed by atoms with Gasteiger partial charge in [-0.3, -0.25) is 14.9 Å². The average Bonchev–Trinajstić information content (AvgIpc) is 2.26. The van der Waals surface area contributed by atoms with Crippen LogP contribution in [0.15, 0.2) is 12.1 Å². The zero-order valence-electron chi connectivity index (χ0n) is 7.81. The number of Topliss-reactive ketones (excluding diaryl/α,β-unsaturated/α-hetero) is 1. The van der Waals surface area contributed by atoms with Crippen molar-refractivity contribution in [1.29, 1.82) is 5.26 Å². The molecule has 0 atom stereocenters. The van der Waals surface area contributed by atoms with Gasteiger partial charge in [0.2, 0.25) is 5.75 Å². The van der Waals surface area contributed by atoms with E-state index in [9.17, 15) is 20.0 Å². The number of hydrogen-bond donors (Lipinski definition) is 1. The number of nitriles is 1. The lowest BCUT2D eigenvalue weighted by molar-refractivity contribution is -0.386. The zero-order chi connectivity index (χ0) is 12.3. The van der Waals surface area contributed by atoms with Gasteiger partial charge in [-0.15, -0.1) is 11.6 Å². The van der Waals surface area contributed by atoms with E-state index in [2.05, 4.69) is 0 Å². The van der Waals surface area contributed by atoms with Crippen LogP contribution in [0.3, 0.4) is 0 Å². The molecule has 0 aliphatic rings. The first-order valence-corrected chi connectivity index (χ1v) is 4.56. The molecular formula is C9H5ClN2O4. The predicted octanol–water partition coefficient (Wildman–Crippen LogP) is 1.59. The molecule has 1 aromatic carbocycles. The van der Waals surface area contributed by atoms with Crippen LogP contribution in [-0.4, -0.2) is 21.7 Å². The largest absolute Gasteiger partial charge is 0.501 e. The number of carbonyl (C=O) groups excluding carboxylic acids is 1. The molecule has 7 heteroatoms. The fourth-order valence-electron chi connectivity index (χ4n) is 1.15. The van der Waals surface area contributed by atoms with Crippen molar-refractivity contribution in [3.8, 4) is 11.8 Å². The van der Waals surface area contributed by atoms with Gasteiger partial charge in [-0.1, -0.05) is 0 Å². The highest BCUT2D eigenvalue weighted by molar-refractivity contribution is 6.31. The molecule has 1 aromatic rings. The minimum Gasteiger partial charge on any atom is -0.501 e. The lowest BCUT2D eigenvalue weighted by atomic mass is 10.1. The number of halogens is 1. The minimum atomic E-state index is -0.921. The number of alkyl halides is 1. The zero-order valence-corrected chi connectivity index (χ0v) is 8.56. The Hall–Kier alpha value is -2.13. The lowest BCUT2D eigenvalue weighted by Crippen LogP contribution is -2.05. The van der Waals surface area contributed by atoms with Gasteiger partial charge >= 0.3 is 5.69 Å². The Balaban J connectivity index is 3.54. The van der Waals surface area contributed by atoms with Crippen molar-refractivity contribution in [2.75, 3.05) is 5.88 Å². The second-order valence-electron chi connectivity index (χ2n) is 2.78. The Bertz CT molecular complexity index is 507. The number of nitro benzene ring substituents is 1. The first-order valence-electron chi connectivity index (χ1n) is 4.02. The fraction of sp³-hybridized carbons (Fsp3) is 0.111.